The Kier molecular flexibility index (Phi) is 1.54. The van der Waals surface area contributed by atoms with E-state index in [1.807, 2.05) is 31.7 Å². The van der Waals surface area contributed by atoms with Crippen LogP contribution < -0.4 is 0 Å². The molecule has 50 valence electrons. The molecule has 0 aliphatic heterocycles. The molecule has 0 aromatic carbocycles. The van der Waals surface area contributed by atoms with E-state index in [4.69, 9.17) is 11.6 Å². The maximum Gasteiger partial charge on any atom is 0.0641 e. The molecular weight excluding hydrogens is 134 g/mol. The predicted octanol–water partition coefficient (Wildman–Crippen LogP) is 2.30. The highest BCUT2D eigenvalue weighted by Gasteiger charge is 2.01. The minimum atomic E-state index is 0.887. The van der Waals surface area contributed by atoms with Gasteiger partial charge in [-0.15, -0.1) is 0 Å². The van der Waals surface area contributed by atoms with Crippen molar-refractivity contribution >= 4 is 11.6 Å². The van der Waals surface area contributed by atoms with Gasteiger partial charge in [0, 0.05) is 18.9 Å². The Bertz CT molecular complexity index is 203. The SMILES string of the molecule is Cc1cn(C)c(C)c1Cl. The lowest BCUT2D eigenvalue weighted by Gasteiger charge is -1.92. The lowest BCUT2D eigenvalue weighted by Crippen LogP contribution is -1.85. The molecular formula is C7H10ClN. The Labute approximate surface area is 60.2 Å². The van der Waals surface area contributed by atoms with Crippen molar-refractivity contribution in [3.63, 3.8) is 0 Å². The first-order chi connectivity index (χ1) is 4.13. The fraction of sp³-hybridized carbons (Fsp3) is 0.429. The molecule has 0 aliphatic rings. The first-order valence-corrected chi connectivity index (χ1v) is 3.28. The Morgan fingerprint density at radius 2 is 2.00 bits per heavy atom. The van der Waals surface area contributed by atoms with Gasteiger partial charge < -0.3 is 4.57 Å². The summed E-state index contributed by atoms with van der Waals surface area (Å²) in [5.41, 5.74) is 2.28. The van der Waals surface area contributed by atoms with Gasteiger partial charge in [-0.2, -0.15) is 0 Å². The Morgan fingerprint density at radius 1 is 1.44 bits per heavy atom. The van der Waals surface area contributed by atoms with Crippen LogP contribution in [0, 0.1) is 13.8 Å². The molecule has 2 heteroatoms. The smallest absolute Gasteiger partial charge is 0.0641 e. The van der Waals surface area contributed by atoms with Crippen LogP contribution in [0.15, 0.2) is 6.20 Å². The Morgan fingerprint density at radius 3 is 2.11 bits per heavy atom. The molecule has 1 aromatic rings. The zero-order chi connectivity index (χ0) is 7.02. The van der Waals surface area contributed by atoms with Crippen LogP contribution in [0.25, 0.3) is 0 Å². The summed E-state index contributed by atoms with van der Waals surface area (Å²) in [6.45, 7) is 4.02. The molecule has 0 bridgehead atoms. The van der Waals surface area contributed by atoms with Gasteiger partial charge in [-0.1, -0.05) is 11.6 Å². The van der Waals surface area contributed by atoms with Crippen LogP contribution in [0.1, 0.15) is 11.3 Å². The van der Waals surface area contributed by atoms with E-state index in [0.717, 1.165) is 16.3 Å². The standard InChI is InChI=1S/C7H10ClN/c1-5-4-9(3)6(2)7(5)8/h4H,1-3H3. The summed E-state index contributed by atoms with van der Waals surface area (Å²) in [5.74, 6) is 0. The fourth-order valence-corrected chi connectivity index (χ4v) is 1.07. The average molecular weight is 144 g/mol. The first kappa shape index (κ1) is 6.69. The van der Waals surface area contributed by atoms with E-state index in [2.05, 4.69) is 0 Å². The second kappa shape index (κ2) is 2.07. The lowest BCUT2D eigenvalue weighted by molar-refractivity contribution is 0.880. The van der Waals surface area contributed by atoms with E-state index in [1.165, 1.54) is 0 Å². The van der Waals surface area contributed by atoms with Crippen molar-refractivity contribution in [2.75, 3.05) is 0 Å². The highest BCUT2D eigenvalue weighted by atomic mass is 35.5. The summed E-state index contributed by atoms with van der Waals surface area (Å²) in [5, 5.41) is 0.887. The van der Waals surface area contributed by atoms with E-state index in [-0.39, 0.29) is 0 Å². The van der Waals surface area contributed by atoms with Crippen LogP contribution in [0.3, 0.4) is 0 Å². The van der Waals surface area contributed by atoms with Gasteiger partial charge in [0.25, 0.3) is 0 Å². The van der Waals surface area contributed by atoms with Crippen molar-refractivity contribution in [1.29, 1.82) is 0 Å². The topological polar surface area (TPSA) is 4.93 Å². The van der Waals surface area contributed by atoms with Gasteiger partial charge in [0.1, 0.15) is 0 Å². The number of hydrogen-bond donors (Lipinski definition) is 0. The molecule has 0 aliphatic carbocycles. The predicted molar refractivity (Wildman–Crippen MR) is 39.9 cm³/mol. The third-order valence-corrected chi connectivity index (χ3v) is 2.15. The third-order valence-electron chi connectivity index (χ3n) is 1.58. The van der Waals surface area contributed by atoms with Crippen molar-refractivity contribution in [1.82, 2.24) is 4.57 Å². The van der Waals surface area contributed by atoms with Crippen molar-refractivity contribution in [3.05, 3.63) is 22.5 Å². The summed E-state index contributed by atoms with van der Waals surface area (Å²) in [6.07, 6.45) is 2.03. The molecule has 0 saturated carbocycles. The second-order valence-corrected chi connectivity index (χ2v) is 2.70. The summed E-state index contributed by atoms with van der Waals surface area (Å²) < 4.78 is 2.03. The van der Waals surface area contributed by atoms with Gasteiger partial charge in [0.05, 0.1) is 5.02 Å². The summed E-state index contributed by atoms with van der Waals surface area (Å²) in [7, 11) is 1.99. The van der Waals surface area contributed by atoms with E-state index in [0.29, 0.717) is 0 Å². The zero-order valence-electron chi connectivity index (χ0n) is 5.90. The summed E-state index contributed by atoms with van der Waals surface area (Å²) in [6, 6.07) is 0. The summed E-state index contributed by atoms with van der Waals surface area (Å²) in [4.78, 5) is 0. The minimum Gasteiger partial charge on any atom is -0.353 e. The Hall–Kier alpha value is -0.430. The van der Waals surface area contributed by atoms with E-state index in [9.17, 15) is 0 Å². The van der Waals surface area contributed by atoms with Crippen LogP contribution in [-0.4, -0.2) is 4.57 Å². The van der Waals surface area contributed by atoms with Crippen molar-refractivity contribution in [2.24, 2.45) is 7.05 Å². The number of hydrogen-bond acceptors (Lipinski definition) is 0. The molecule has 0 saturated heterocycles. The zero-order valence-corrected chi connectivity index (χ0v) is 6.66. The largest absolute Gasteiger partial charge is 0.353 e. The van der Waals surface area contributed by atoms with Crippen molar-refractivity contribution in [2.45, 2.75) is 13.8 Å². The number of nitrogens with zero attached hydrogens (tertiary/aromatic N) is 1. The molecule has 0 fully saturated rings. The minimum absolute atomic E-state index is 0.887. The fourth-order valence-electron chi connectivity index (χ4n) is 0.884. The molecule has 1 heterocycles. The van der Waals surface area contributed by atoms with Gasteiger partial charge >= 0.3 is 0 Å². The third kappa shape index (κ3) is 0.969. The van der Waals surface area contributed by atoms with Gasteiger partial charge in [0.15, 0.2) is 0 Å². The Balaban J connectivity index is 3.29. The monoisotopic (exact) mass is 143 g/mol. The molecule has 0 unspecified atom stereocenters. The second-order valence-electron chi connectivity index (χ2n) is 2.32. The molecule has 0 N–H and O–H groups in total. The van der Waals surface area contributed by atoms with Gasteiger partial charge in [-0.25, -0.2) is 0 Å². The molecule has 0 atom stereocenters. The van der Waals surface area contributed by atoms with Crippen LogP contribution in [-0.2, 0) is 7.05 Å². The van der Waals surface area contributed by atoms with Crippen molar-refractivity contribution in [3.8, 4) is 0 Å². The highest BCUT2D eigenvalue weighted by Crippen LogP contribution is 2.19. The van der Waals surface area contributed by atoms with Crippen LogP contribution >= 0.6 is 11.6 Å². The molecule has 0 amide bonds. The highest BCUT2D eigenvalue weighted by molar-refractivity contribution is 6.32. The average Bonchev–Trinajstić information content (AvgIpc) is 1.98. The van der Waals surface area contributed by atoms with E-state index >= 15 is 0 Å². The summed E-state index contributed by atoms with van der Waals surface area (Å²) >= 11 is 5.88. The van der Waals surface area contributed by atoms with E-state index < -0.39 is 0 Å². The number of aromatic nitrogens is 1. The molecule has 9 heavy (non-hydrogen) atoms. The van der Waals surface area contributed by atoms with E-state index in [1.54, 1.807) is 0 Å². The maximum absolute atomic E-state index is 5.88. The molecule has 0 spiro atoms. The molecule has 1 rings (SSSR count). The lowest BCUT2D eigenvalue weighted by atomic mass is 10.3. The van der Waals surface area contributed by atoms with Crippen LogP contribution in [0.4, 0.5) is 0 Å². The van der Waals surface area contributed by atoms with Gasteiger partial charge in [-0.3, -0.25) is 0 Å². The number of rotatable bonds is 0. The maximum atomic E-state index is 5.88. The molecule has 0 radical (unpaired) electrons. The number of halogens is 1. The molecule has 1 aromatic heterocycles. The van der Waals surface area contributed by atoms with Crippen molar-refractivity contribution < 1.29 is 0 Å². The molecule has 1 nitrogen and oxygen atoms in total. The number of aryl methyl sites for hydroxylation is 2. The van der Waals surface area contributed by atoms with Crippen LogP contribution in [0.2, 0.25) is 5.02 Å². The quantitative estimate of drug-likeness (QED) is 0.525. The van der Waals surface area contributed by atoms with Gasteiger partial charge in [-0.05, 0) is 19.4 Å². The first-order valence-electron chi connectivity index (χ1n) is 2.91. The normalized spacial score (nSPS) is 10.2. The van der Waals surface area contributed by atoms with Gasteiger partial charge in [0.2, 0.25) is 0 Å². The van der Waals surface area contributed by atoms with Crippen LogP contribution in [0.5, 0.6) is 0 Å².